The number of halogens is 1. The molecule has 1 fully saturated rings. The number of anilines is 1. The highest BCUT2D eigenvalue weighted by Crippen LogP contribution is 2.30. The van der Waals surface area contributed by atoms with Gasteiger partial charge in [0, 0.05) is 12.2 Å². The molecule has 0 radical (unpaired) electrons. The van der Waals surface area contributed by atoms with Crippen LogP contribution in [0.5, 0.6) is 0 Å². The number of piperidine rings is 1. The van der Waals surface area contributed by atoms with Gasteiger partial charge in [0.05, 0.1) is 0 Å². The van der Waals surface area contributed by atoms with E-state index >= 15 is 0 Å². The van der Waals surface area contributed by atoms with E-state index in [1.54, 1.807) is 0 Å². The van der Waals surface area contributed by atoms with Gasteiger partial charge >= 0.3 is 0 Å². The lowest BCUT2D eigenvalue weighted by atomic mass is 9.81. The Morgan fingerprint density at radius 1 is 1.38 bits per heavy atom. The number of nitrogens with zero attached hydrogens (tertiary/aromatic N) is 1. The Bertz CT molecular complexity index is 611. The van der Waals surface area contributed by atoms with Gasteiger partial charge in [0.2, 0.25) is 10.0 Å². The van der Waals surface area contributed by atoms with Crippen LogP contribution >= 0.6 is 0 Å². The summed E-state index contributed by atoms with van der Waals surface area (Å²) in [6.07, 6.45) is 1.82. The third-order valence-corrected chi connectivity index (χ3v) is 5.54. The van der Waals surface area contributed by atoms with Crippen molar-refractivity contribution in [3.8, 4) is 0 Å². The number of nitrogen functional groups attached to an aromatic ring is 1. The number of hydrogen-bond acceptors (Lipinski definition) is 4. The number of nitrogens with one attached hydrogen (secondary N) is 1. The van der Waals surface area contributed by atoms with Gasteiger partial charge in [-0.1, -0.05) is 6.92 Å². The number of likely N-dealkylation sites (tertiary alicyclic amines) is 1. The summed E-state index contributed by atoms with van der Waals surface area (Å²) in [4.78, 5) is 1.83. The minimum Gasteiger partial charge on any atom is -0.399 e. The fraction of sp³-hybridized carbons (Fsp3) is 0.571. The van der Waals surface area contributed by atoms with Crippen LogP contribution in [0.3, 0.4) is 0 Å². The first-order valence-corrected chi connectivity index (χ1v) is 8.43. The molecule has 0 aromatic heterocycles. The second-order valence-electron chi connectivity index (χ2n) is 6.13. The number of sulfonamides is 1. The zero-order valence-corrected chi connectivity index (χ0v) is 13.2. The Morgan fingerprint density at radius 2 is 2.00 bits per heavy atom. The SMILES string of the molecule is CN1CCC(C)(CNS(=O)(=O)c2cc(N)ccc2F)CC1. The van der Waals surface area contributed by atoms with Crippen LogP contribution in [0.1, 0.15) is 19.8 Å². The zero-order valence-electron chi connectivity index (χ0n) is 12.4. The van der Waals surface area contributed by atoms with E-state index in [0.29, 0.717) is 6.54 Å². The van der Waals surface area contributed by atoms with Gasteiger partial charge < -0.3 is 10.6 Å². The number of hydrogen-bond donors (Lipinski definition) is 2. The topological polar surface area (TPSA) is 75.4 Å². The van der Waals surface area contributed by atoms with Gasteiger partial charge in [0.25, 0.3) is 0 Å². The van der Waals surface area contributed by atoms with Crippen LogP contribution in [-0.4, -0.2) is 40.0 Å². The summed E-state index contributed by atoms with van der Waals surface area (Å²) in [5.74, 6) is -0.787. The maximum atomic E-state index is 13.7. The van der Waals surface area contributed by atoms with Crippen LogP contribution in [-0.2, 0) is 10.0 Å². The largest absolute Gasteiger partial charge is 0.399 e. The zero-order chi connectivity index (χ0) is 15.7. The molecule has 0 saturated carbocycles. The van der Waals surface area contributed by atoms with Crippen LogP contribution in [0.4, 0.5) is 10.1 Å². The first kappa shape index (κ1) is 16.2. The van der Waals surface area contributed by atoms with E-state index in [9.17, 15) is 12.8 Å². The van der Waals surface area contributed by atoms with Crippen molar-refractivity contribution < 1.29 is 12.8 Å². The molecule has 0 spiro atoms. The van der Waals surface area contributed by atoms with Gasteiger partial charge in [-0.2, -0.15) is 0 Å². The Balaban J connectivity index is 2.09. The third-order valence-electron chi connectivity index (χ3n) is 4.13. The first-order chi connectivity index (χ1) is 9.72. The summed E-state index contributed by atoms with van der Waals surface area (Å²) in [6, 6.07) is 3.56. The molecule has 5 nitrogen and oxygen atoms in total. The van der Waals surface area contributed by atoms with Gasteiger partial charge in [-0.05, 0) is 56.6 Å². The molecule has 3 N–H and O–H groups in total. The number of nitrogens with two attached hydrogens (primary N) is 1. The molecule has 0 aliphatic carbocycles. The Hall–Kier alpha value is -1.18. The minimum atomic E-state index is -3.88. The van der Waals surface area contributed by atoms with E-state index in [-0.39, 0.29) is 16.0 Å². The quantitative estimate of drug-likeness (QED) is 0.824. The highest BCUT2D eigenvalue weighted by molar-refractivity contribution is 7.89. The molecule has 0 atom stereocenters. The average Bonchev–Trinajstić information content (AvgIpc) is 2.43. The lowest BCUT2D eigenvalue weighted by Gasteiger charge is -2.37. The molecule has 1 aromatic rings. The van der Waals surface area contributed by atoms with Crippen LogP contribution in [0.25, 0.3) is 0 Å². The van der Waals surface area contributed by atoms with E-state index in [4.69, 9.17) is 5.73 Å². The molecule has 1 aliphatic heterocycles. The molecule has 0 amide bonds. The molecule has 1 aromatic carbocycles. The van der Waals surface area contributed by atoms with Crippen LogP contribution in [0.2, 0.25) is 0 Å². The van der Waals surface area contributed by atoms with E-state index < -0.39 is 15.8 Å². The average molecular weight is 315 g/mol. The van der Waals surface area contributed by atoms with Gasteiger partial charge in [0.15, 0.2) is 0 Å². The van der Waals surface area contributed by atoms with Crippen molar-refractivity contribution in [3.63, 3.8) is 0 Å². The molecular formula is C14H22FN3O2S. The molecule has 1 aliphatic rings. The van der Waals surface area contributed by atoms with E-state index in [2.05, 4.69) is 16.5 Å². The van der Waals surface area contributed by atoms with Crippen LogP contribution in [0.15, 0.2) is 23.1 Å². The fourth-order valence-corrected chi connectivity index (χ4v) is 3.72. The second kappa shape index (κ2) is 5.90. The summed E-state index contributed by atoms with van der Waals surface area (Å²) < 4.78 is 40.7. The van der Waals surface area contributed by atoms with Crippen molar-refractivity contribution in [2.45, 2.75) is 24.7 Å². The summed E-state index contributed by atoms with van der Waals surface area (Å²) >= 11 is 0. The van der Waals surface area contributed by atoms with Gasteiger partial charge in [-0.25, -0.2) is 17.5 Å². The number of benzene rings is 1. The molecule has 1 heterocycles. The minimum absolute atomic E-state index is 0.101. The van der Waals surface area contributed by atoms with Gasteiger partial charge in [-0.15, -0.1) is 0 Å². The van der Waals surface area contributed by atoms with E-state index in [0.717, 1.165) is 38.1 Å². The second-order valence-corrected chi connectivity index (χ2v) is 7.86. The summed E-state index contributed by atoms with van der Waals surface area (Å²) in [6.45, 7) is 4.23. The van der Waals surface area contributed by atoms with Crippen LogP contribution < -0.4 is 10.5 Å². The smallest absolute Gasteiger partial charge is 0.243 e. The lowest BCUT2D eigenvalue weighted by molar-refractivity contribution is 0.143. The molecular weight excluding hydrogens is 293 g/mol. The number of rotatable bonds is 4. The standard InChI is InChI=1S/C14H22FN3O2S/c1-14(5-7-18(2)8-6-14)10-17-21(19,20)13-9-11(16)3-4-12(13)15/h3-4,9,17H,5-8,10,16H2,1-2H3. The molecule has 2 rings (SSSR count). The Morgan fingerprint density at radius 3 is 2.62 bits per heavy atom. The van der Waals surface area contributed by atoms with Gasteiger partial charge in [-0.3, -0.25) is 0 Å². The van der Waals surface area contributed by atoms with Crippen molar-refractivity contribution >= 4 is 15.7 Å². The summed E-state index contributed by atoms with van der Waals surface area (Å²) in [5.41, 5.74) is 5.66. The maximum Gasteiger partial charge on any atom is 0.243 e. The predicted molar refractivity (Wildman–Crippen MR) is 80.8 cm³/mol. The maximum absolute atomic E-state index is 13.7. The Kier molecular flexibility index (Phi) is 4.55. The molecule has 1 saturated heterocycles. The summed E-state index contributed by atoms with van der Waals surface area (Å²) in [7, 11) is -1.84. The predicted octanol–water partition coefficient (Wildman–Crippen LogP) is 1.42. The van der Waals surface area contributed by atoms with Gasteiger partial charge in [0.1, 0.15) is 10.7 Å². The molecule has 118 valence electrons. The highest BCUT2D eigenvalue weighted by atomic mass is 32.2. The monoisotopic (exact) mass is 315 g/mol. The lowest BCUT2D eigenvalue weighted by Crippen LogP contribution is -2.43. The van der Waals surface area contributed by atoms with Crippen molar-refractivity contribution in [2.75, 3.05) is 32.4 Å². The summed E-state index contributed by atoms with van der Waals surface area (Å²) in [5, 5.41) is 0. The fourth-order valence-electron chi connectivity index (χ4n) is 2.41. The highest BCUT2D eigenvalue weighted by Gasteiger charge is 2.31. The van der Waals surface area contributed by atoms with Crippen molar-refractivity contribution in [1.29, 1.82) is 0 Å². The Labute approximate surface area is 125 Å². The first-order valence-electron chi connectivity index (χ1n) is 6.95. The van der Waals surface area contributed by atoms with E-state index in [1.165, 1.54) is 6.07 Å². The van der Waals surface area contributed by atoms with Crippen molar-refractivity contribution in [1.82, 2.24) is 9.62 Å². The third kappa shape index (κ3) is 3.93. The molecule has 7 heteroatoms. The molecule has 0 unspecified atom stereocenters. The molecule has 0 bridgehead atoms. The normalized spacial score (nSPS) is 19.6. The molecule has 21 heavy (non-hydrogen) atoms. The van der Waals surface area contributed by atoms with E-state index in [1.807, 2.05) is 7.05 Å². The van der Waals surface area contributed by atoms with Crippen molar-refractivity contribution in [2.24, 2.45) is 5.41 Å². The van der Waals surface area contributed by atoms with Crippen molar-refractivity contribution in [3.05, 3.63) is 24.0 Å². The van der Waals surface area contributed by atoms with Crippen LogP contribution in [0, 0.1) is 11.2 Å².